The fourth-order valence-corrected chi connectivity index (χ4v) is 4.44. The smallest absolute Gasteiger partial charge is 0.149 e. The van der Waals surface area contributed by atoms with E-state index >= 15 is 0 Å². The SMILES string of the molecule is CC1CC(N)CN(c2ccncc2NCc2ccc(F)c(C3=CCCCC3)n2)C1. The molecular formula is C23H30FN5. The van der Waals surface area contributed by atoms with Crippen molar-refractivity contribution in [1.29, 1.82) is 0 Å². The lowest BCUT2D eigenvalue weighted by Crippen LogP contribution is -2.46. The molecule has 0 radical (unpaired) electrons. The average molecular weight is 396 g/mol. The van der Waals surface area contributed by atoms with Crippen LogP contribution in [0.4, 0.5) is 15.8 Å². The van der Waals surface area contributed by atoms with E-state index in [1.807, 2.05) is 18.5 Å². The van der Waals surface area contributed by atoms with Crippen molar-refractivity contribution in [2.75, 3.05) is 23.3 Å². The summed E-state index contributed by atoms with van der Waals surface area (Å²) < 4.78 is 14.3. The Morgan fingerprint density at radius 2 is 2.14 bits per heavy atom. The van der Waals surface area contributed by atoms with Crippen molar-refractivity contribution in [3.63, 3.8) is 0 Å². The van der Waals surface area contributed by atoms with Crippen molar-refractivity contribution < 1.29 is 4.39 Å². The molecule has 3 heterocycles. The molecule has 2 aromatic rings. The molecule has 0 bridgehead atoms. The van der Waals surface area contributed by atoms with E-state index in [0.717, 1.165) is 61.4 Å². The molecule has 4 rings (SSSR count). The van der Waals surface area contributed by atoms with Gasteiger partial charge in [-0.1, -0.05) is 13.0 Å². The minimum Gasteiger partial charge on any atom is -0.376 e. The van der Waals surface area contributed by atoms with Crippen LogP contribution in [0.1, 0.15) is 50.4 Å². The molecule has 1 saturated heterocycles. The van der Waals surface area contributed by atoms with Crippen LogP contribution < -0.4 is 16.0 Å². The highest BCUT2D eigenvalue weighted by molar-refractivity contribution is 5.69. The lowest BCUT2D eigenvalue weighted by atomic mass is 9.96. The van der Waals surface area contributed by atoms with Crippen LogP contribution in [-0.4, -0.2) is 29.1 Å². The van der Waals surface area contributed by atoms with E-state index < -0.39 is 0 Å². The van der Waals surface area contributed by atoms with Crippen LogP contribution in [-0.2, 0) is 6.54 Å². The van der Waals surface area contributed by atoms with Crippen LogP contribution >= 0.6 is 0 Å². The highest BCUT2D eigenvalue weighted by Gasteiger charge is 2.24. The van der Waals surface area contributed by atoms with E-state index in [1.54, 1.807) is 6.07 Å². The molecular weight excluding hydrogens is 365 g/mol. The minimum absolute atomic E-state index is 0.185. The zero-order chi connectivity index (χ0) is 20.2. The summed E-state index contributed by atoms with van der Waals surface area (Å²) in [6, 6.07) is 5.50. The van der Waals surface area contributed by atoms with Crippen LogP contribution in [0.25, 0.3) is 5.57 Å². The topological polar surface area (TPSA) is 67.1 Å². The number of nitrogens with zero attached hydrogens (tertiary/aromatic N) is 3. The molecule has 0 amide bonds. The van der Waals surface area contributed by atoms with Gasteiger partial charge in [-0.05, 0) is 61.8 Å². The molecule has 5 nitrogen and oxygen atoms in total. The Labute approximate surface area is 172 Å². The summed E-state index contributed by atoms with van der Waals surface area (Å²) >= 11 is 0. The van der Waals surface area contributed by atoms with Crippen molar-refractivity contribution in [1.82, 2.24) is 9.97 Å². The quantitative estimate of drug-likeness (QED) is 0.787. The second-order valence-electron chi connectivity index (χ2n) is 8.36. The van der Waals surface area contributed by atoms with Gasteiger partial charge in [-0.15, -0.1) is 0 Å². The zero-order valence-electron chi connectivity index (χ0n) is 17.1. The maximum absolute atomic E-state index is 14.3. The first-order chi connectivity index (χ1) is 14.1. The molecule has 0 spiro atoms. The van der Waals surface area contributed by atoms with Crippen molar-refractivity contribution in [3.8, 4) is 0 Å². The van der Waals surface area contributed by atoms with Gasteiger partial charge in [-0.2, -0.15) is 0 Å². The largest absolute Gasteiger partial charge is 0.376 e. The third-order valence-electron chi connectivity index (χ3n) is 5.79. The van der Waals surface area contributed by atoms with Gasteiger partial charge in [0.1, 0.15) is 11.5 Å². The van der Waals surface area contributed by atoms with Crippen molar-refractivity contribution in [3.05, 3.63) is 53.9 Å². The Morgan fingerprint density at radius 3 is 2.93 bits per heavy atom. The zero-order valence-corrected chi connectivity index (χ0v) is 17.1. The molecule has 2 atom stereocenters. The second kappa shape index (κ2) is 8.91. The maximum atomic E-state index is 14.3. The van der Waals surface area contributed by atoms with Gasteiger partial charge in [-0.3, -0.25) is 4.98 Å². The van der Waals surface area contributed by atoms with Crippen LogP contribution in [0.15, 0.2) is 36.7 Å². The standard InChI is InChI=1S/C23H30FN5/c1-16-11-18(25)15-29(14-16)22-9-10-26-13-21(22)27-12-19-7-8-20(24)23(28-19)17-5-3-2-4-6-17/h5,7-10,13,16,18,27H,2-4,6,11-12,14-15,25H2,1H3. The summed E-state index contributed by atoms with van der Waals surface area (Å²) in [5, 5.41) is 3.46. The molecule has 0 aromatic carbocycles. The number of allylic oxidation sites excluding steroid dienone is 2. The van der Waals surface area contributed by atoms with E-state index in [2.05, 4.69) is 33.2 Å². The first-order valence-electron chi connectivity index (χ1n) is 10.6. The Hall–Kier alpha value is -2.47. The van der Waals surface area contributed by atoms with E-state index in [-0.39, 0.29) is 11.9 Å². The number of pyridine rings is 2. The van der Waals surface area contributed by atoms with Gasteiger partial charge >= 0.3 is 0 Å². The van der Waals surface area contributed by atoms with E-state index in [9.17, 15) is 4.39 Å². The molecule has 3 N–H and O–H groups in total. The summed E-state index contributed by atoms with van der Waals surface area (Å²) in [7, 11) is 0. The van der Waals surface area contributed by atoms with Gasteiger partial charge in [0.2, 0.25) is 0 Å². The van der Waals surface area contributed by atoms with Crippen molar-refractivity contribution >= 4 is 16.9 Å². The van der Waals surface area contributed by atoms with Crippen molar-refractivity contribution in [2.24, 2.45) is 11.7 Å². The van der Waals surface area contributed by atoms with Crippen LogP contribution in [0, 0.1) is 11.7 Å². The molecule has 2 aromatic heterocycles. The number of rotatable bonds is 5. The second-order valence-corrected chi connectivity index (χ2v) is 8.36. The van der Waals surface area contributed by atoms with Gasteiger partial charge in [0.05, 0.1) is 29.8 Å². The Kier molecular flexibility index (Phi) is 6.09. The summed E-state index contributed by atoms with van der Waals surface area (Å²) in [6.07, 6.45) is 11.0. The van der Waals surface area contributed by atoms with Gasteiger partial charge < -0.3 is 16.0 Å². The number of hydrogen-bond acceptors (Lipinski definition) is 5. The third kappa shape index (κ3) is 4.75. The highest BCUT2D eigenvalue weighted by Crippen LogP contribution is 2.30. The minimum atomic E-state index is -0.236. The van der Waals surface area contributed by atoms with E-state index in [0.29, 0.717) is 18.2 Å². The molecule has 29 heavy (non-hydrogen) atoms. The van der Waals surface area contributed by atoms with Crippen molar-refractivity contribution in [2.45, 2.75) is 51.6 Å². The average Bonchev–Trinajstić information content (AvgIpc) is 2.73. The lowest BCUT2D eigenvalue weighted by molar-refractivity contribution is 0.402. The van der Waals surface area contributed by atoms with Crippen LogP contribution in [0.2, 0.25) is 0 Å². The molecule has 154 valence electrons. The Bertz CT molecular complexity index is 871. The molecule has 0 saturated carbocycles. The summed E-state index contributed by atoms with van der Waals surface area (Å²) in [5.74, 6) is 0.324. The molecule has 2 unspecified atom stereocenters. The van der Waals surface area contributed by atoms with E-state index in [1.165, 1.54) is 12.5 Å². The number of anilines is 2. The Morgan fingerprint density at radius 1 is 1.24 bits per heavy atom. The van der Waals surface area contributed by atoms with E-state index in [4.69, 9.17) is 5.73 Å². The number of piperidine rings is 1. The molecule has 2 aliphatic rings. The first kappa shape index (κ1) is 19.8. The highest BCUT2D eigenvalue weighted by atomic mass is 19.1. The first-order valence-corrected chi connectivity index (χ1v) is 10.6. The number of nitrogens with one attached hydrogen (secondary N) is 1. The summed E-state index contributed by atoms with van der Waals surface area (Å²) in [4.78, 5) is 11.2. The number of nitrogens with two attached hydrogens (primary N) is 1. The monoisotopic (exact) mass is 395 g/mol. The van der Waals surface area contributed by atoms with Crippen LogP contribution in [0.3, 0.4) is 0 Å². The fraction of sp³-hybridized carbons (Fsp3) is 0.478. The molecule has 1 aliphatic carbocycles. The van der Waals surface area contributed by atoms with Gasteiger partial charge in [-0.25, -0.2) is 9.37 Å². The number of aromatic nitrogens is 2. The predicted octanol–water partition coefficient (Wildman–Crippen LogP) is 4.36. The van der Waals surface area contributed by atoms with Gasteiger partial charge in [0.15, 0.2) is 0 Å². The Balaban J connectivity index is 1.51. The summed E-state index contributed by atoms with van der Waals surface area (Å²) in [5.41, 5.74) is 10.7. The van der Waals surface area contributed by atoms with Gasteiger partial charge in [0, 0.05) is 25.3 Å². The van der Waals surface area contributed by atoms with Gasteiger partial charge in [0.25, 0.3) is 0 Å². The maximum Gasteiger partial charge on any atom is 0.149 e. The number of halogens is 1. The molecule has 1 fully saturated rings. The lowest BCUT2D eigenvalue weighted by Gasteiger charge is -2.37. The predicted molar refractivity (Wildman–Crippen MR) is 116 cm³/mol. The normalized spacial score (nSPS) is 22.3. The molecule has 1 aliphatic heterocycles. The number of hydrogen-bond donors (Lipinski definition) is 2. The van der Waals surface area contributed by atoms with Crippen LogP contribution in [0.5, 0.6) is 0 Å². The molecule has 6 heteroatoms. The fourth-order valence-electron chi connectivity index (χ4n) is 4.44. The third-order valence-corrected chi connectivity index (χ3v) is 5.79. The summed E-state index contributed by atoms with van der Waals surface area (Å²) in [6.45, 7) is 4.59.